The van der Waals surface area contributed by atoms with Crippen LogP contribution in [0.5, 0.6) is 0 Å². The van der Waals surface area contributed by atoms with Gasteiger partial charge in [0.2, 0.25) is 0 Å². The third-order valence-electron chi connectivity index (χ3n) is 4.44. The highest BCUT2D eigenvalue weighted by molar-refractivity contribution is 5.98. The molecule has 3 aliphatic rings. The zero-order chi connectivity index (χ0) is 16.1. The third kappa shape index (κ3) is 2.42. The number of allylic oxidation sites excluding steroid dienone is 2. The van der Waals surface area contributed by atoms with E-state index in [0.29, 0.717) is 37.2 Å². The third-order valence-corrected chi connectivity index (χ3v) is 4.44. The van der Waals surface area contributed by atoms with Crippen molar-refractivity contribution < 1.29 is 23.8 Å². The zero-order valence-electron chi connectivity index (χ0n) is 13.6. The lowest BCUT2D eigenvalue weighted by Crippen LogP contribution is -2.28. The summed E-state index contributed by atoms with van der Waals surface area (Å²) >= 11 is 0. The summed E-state index contributed by atoms with van der Waals surface area (Å²) in [5.41, 5.74) is 1.15. The number of rotatable bonds is 2. The van der Waals surface area contributed by atoms with Gasteiger partial charge in [0.1, 0.15) is 11.5 Å². The van der Waals surface area contributed by atoms with E-state index in [4.69, 9.17) is 14.2 Å². The summed E-state index contributed by atoms with van der Waals surface area (Å²) in [6.07, 6.45) is 2.01. The van der Waals surface area contributed by atoms with Crippen molar-refractivity contribution in [3.05, 3.63) is 22.7 Å². The molecule has 120 valence electrons. The number of hydrogen-bond acceptors (Lipinski definition) is 5. The molecule has 0 saturated heterocycles. The molecule has 0 N–H and O–H groups in total. The van der Waals surface area contributed by atoms with E-state index >= 15 is 0 Å². The summed E-state index contributed by atoms with van der Waals surface area (Å²) in [7, 11) is 0. The number of hydrogen-bond donors (Lipinski definition) is 0. The van der Waals surface area contributed by atoms with Gasteiger partial charge in [-0.15, -0.1) is 0 Å². The molecule has 3 rings (SSSR count). The maximum atomic E-state index is 12.3. The van der Waals surface area contributed by atoms with Crippen LogP contribution in [0, 0.1) is 5.41 Å². The predicted molar refractivity (Wildman–Crippen MR) is 78.5 cm³/mol. The Labute approximate surface area is 130 Å². The Morgan fingerprint density at radius 2 is 1.91 bits per heavy atom. The minimum atomic E-state index is -0.924. The Balaban J connectivity index is 1.78. The quantitative estimate of drug-likeness (QED) is 0.734. The Morgan fingerprint density at radius 1 is 1.18 bits per heavy atom. The minimum Gasteiger partial charge on any atom is -0.463 e. The molecule has 22 heavy (non-hydrogen) atoms. The molecule has 1 aliphatic carbocycles. The van der Waals surface area contributed by atoms with Crippen LogP contribution in [-0.4, -0.2) is 24.1 Å². The smallest absolute Gasteiger partial charge is 0.337 e. The Kier molecular flexibility index (Phi) is 3.34. The van der Waals surface area contributed by atoms with Crippen molar-refractivity contribution in [1.82, 2.24) is 0 Å². The predicted octanol–water partition coefficient (Wildman–Crippen LogP) is 3.00. The number of ether oxygens (including phenoxy) is 3. The van der Waals surface area contributed by atoms with Gasteiger partial charge in [-0.3, -0.25) is 4.79 Å². The maximum Gasteiger partial charge on any atom is 0.337 e. The summed E-state index contributed by atoms with van der Waals surface area (Å²) in [6, 6.07) is 0. The van der Waals surface area contributed by atoms with Crippen LogP contribution in [0.1, 0.15) is 53.4 Å². The van der Waals surface area contributed by atoms with Crippen molar-refractivity contribution in [3.8, 4) is 0 Å². The van der Waals surface area contributed by atoms with Crippen LogP contribution < -0.4 is 0 Å². The van der Waals surface area contributed by atoms with Crippen molar-refractivity contribution >= 4 is 11.8 Å². The number of Topliss-reactive ketones (excluding diaryl/α,β-unsaturated/α-hetero) is 1. The van der Waals surface area contributed by atoms with Crippen LogP contribution in [-0.2, 0) is 23.8 Å². The van der Waals surface area contributed by atoms with Gasteiger partial charge in [-0.1, -0.05) is 13.8 Å². The lowest BCUT2D eigenvalue weighted by Gasteiger charge is -2.29. The first-order valence-electron chi connectivity index (χ1n) is 7.75. The van der Waals surface area contributed by atoms with E-state index in [1.165, 1.54) is 0 Å². The molecule has 0 aromatic rings. The van der Waals surface area contributed by atoms with E-state index in [2.05, 4.69) is 13.8 Å². The Morgan fingerprint density at radius 3 is 2.59 bits per heavy atom. The molecule has 1 spiro atoms. The van der Waals surface area contributed by atoms with Gasteiger partial charge in [-0.2, -0.15) is 0 Å². The highest BCUT2D eigenvalue weighted by atomic mass is 16.7. The molecule has 0 aromatic carbocycles. The Hall–Kier alpha value is -1.78. The second kappa shape index (κ2) is 4.86. The molecular weight excluding hydrogens is 284 g/mol. The van der Waals surface area contributed by atoms with Crippen LogP contribution in [0.15, 0.2) is 22.7 Å². The number of ketones is 1. The monoisotopic (exact) mass is 306 g/mol. The standard InChI is InChI=1S/C17H22O5/c1-5-20-15(19)11-6-17(21-10(11)2)7-12-13(18)8-16(3,4)9-14(12)22-17/h5-9H2,1-4H3. The first-order valence-corrected chi connectivity index (χ1v) is 7.75. The van der Waals surface area contributed by atoms with Gasteiger partial charge in [0, 0.05) is 18.4 Å². The van der Waals surface area contributed by atoms with Gasteiger partial charge in [-0.25, -0.2) is 4.79 Å². The van der Waals surface area contributed by atoms with Crippen LogP contribution in [0.3, 0.4) is 0 Å². The molecule has 1 atom stereocenters. The molecule has 2 heterocycles. The van der Waals surface area contributed by atoms with Crippen molar-refractivity contribution in [2.24, 2.45) is 5.41 Å². The molecule has 2 aliphatic heterocycles. The van der Waals surface area contributed by atoms with E-state index in [1.807, 2.05) is 0 Å². The fraction of sp³-hybridized carbons (Fsp3) is 0.647. The van der Waals surface area contributed by atoms with Crippen molar-refractivity contribution in [3.63, 3.8) is 0 Å². The van der Waals surface area contributed by atoms with Gasteiger partial charge in [0.25, 0.3) is 5.79 Å². The SMILES string of the molecule is CCOC(=O)C1=C(C)OC2(C1)CC1=C(CC(C)(C)CC1=O)O2. The zero-order valence-corrected chi connectivity index (χ0v) is 13.6. The van der Waals surface area contributed by atoms with Gasteiger partial charge in [-0.05, 0) is 19.3 Å². The Bertz CT molecular complexity index is 611. The van der Waals surface area contributed by atoms with Gasteiger partial charge in [0.15, 0.2) is 5.78 Å². The van der Waals surface area contributed by atoms with Crippen molar-refractivity contribution in [2.45, 2.75) is 59.2 Å². The second-order valence-corrected chi connectivity index (χ2v) is 7.07. The fourth-order valence-corrected chi connectivity index (χ4v) is 3.49. The molecule has 5 heteroatoms. The molecule has 0 radical (unpaired) electrons. The van der Waals surface area contributed by atoms with E-state index in [-0.39, 0.29) is 17.2 Å². The summed E-state index contributed by atoms with van der Waals surface area (Å²) in [4.78, 5) is 24.3. The summed E-state index contributed by atoms with van der Waals surface area (Å²) < 4.78 is 17.0. The largest absolute Gasteiger partial charge is 0.463 e. The highest BCUT2D eigenvalue weighted by Gasteiger charge is 2.53. The molecule has 5 nitrogen and oxygen atoms in total. The van der Waals surface area contributed by atoms with Crippen LogP contribution in [0.2, 0.25) is 0 Å². The molecule has 0 saturated carbocycles. The van der Waals surface area contributed by atoms with Crippen molar-refractivity contribution in [2.75, 3.05) is 6.61 Å². The summed E-state index contributed by atoms with van der Waals surface area (Å²) in [5.74, 6) is 0.113. The van der Waals surface area contributed by atoms with Gasteiger partial charge < -0.3 is 14.2 Å². The van der Waals surface area contributed by atoms with Crippen LogP contribution >= 0.6 is 0 Å². The first kappa shape index (κ1) is 15.1. The minimum absolute atomic E-state index is 0.0908. The molecule has 0 bridgehead atoms. The molecular formula is C17H22O5. The molecule has 1 unspecified atom stereocenters. The van der Waals surface area contributed by atoms with E-state index < -0.39 is 5.79 Å². The molecule has 0 fully saturated rings. The van der Waals surface area contributed by atoms with Crippen molar-refractivity contribution in [1.29, 1.82) is 0 Å². The maximum absolute atomic E-state index is 12.3. The summed E-state index contributed by atoms with van der Waals surface area (Å²) in [5, 5.41) is 0. The highest BCUT2D eigenvalue weighted by Crippen LogP contribution is 2.51. The van der Waals surface area contributed by atoms with Crippen LogP contribution in [0.4, 0.5) is 0 Å². The average molecular weight is 306 g/mol. The van der Waals surface area contributed by atoms with Crippen LogP contribution in [0.25, 0.3) is 0 Å². The normalized spacial score (nSPS) is 29.5. The number of carbonyl (C=O) groups is 2. The molecule has 0 amide bonds. The van der Waals surface area contributed by atoms with E-state index in [1.54, 1.807) is 13.8 Å². The average Bonchev–Trinajstić information content (AvgIpc) is 2.89. The lowest BCUT2D eigenvalue weighted by atomic mass is 9.76. The van der Waals surface area contributed by atoms with Gasteiger partial charge >= 0.3 is 5.97 Å². The number of esters is 1. The lowest BCUT2D eigenvalue weighted by molar-refractivity contribution is -0.163. The number of carbonyl (C=O) groups excluding carboxylic acids is 2. The second-order valence-electron chi connectivity index (χ2n) is 7.07. The first-order chi connectivity index (χ1) is 10.3. The molecule has 0 aromatic heterocycles. The van der Waals surface area contributed by atoms with E-state index in [9.17, 15) is 9.59 Å². The van der Waals surface area contributed by atoms with E-state index in [0.717, 1.165) is 17.8 Å². The fourth-order valence-electron chi connectivity index (χ4n) is 3.49. The topological polar surface area (TPSA) is 61.8 Å². The van der Waals surface area contributed by atoms with Gasteiger partial charge in [0.05, 0.1) is 25.0 Å². The summed E-state index contributed by atoms with van der Waals surface area (Å²) in [6.45, 7) is 7.96.